The largest absolute Gasteiger partial charge is 0.394 e. The lowest BCUT2D eigenvalue weighted by molar-refractivity contribution is -0.378. The van der Waals surface area contributed by atoms with Crippen molar-refractivity contribution in [3.05, 3.63) is 0 Å². The van der Waals surface area contributed by atoms with Gasteiger partial charge in [-0.15, -0.1) is 0 Å². The fraction of sp³-hybridized carbons (Fsp3) is 1.00. The number of aliphatic hydroxyl groups excluding tert-OH is 8. The lowest BCUT2D eigenvalue weighted by Crippen LogP contribution is -2.76. The van der Waals surface area contributed by atoms with Gasteiger partial charge in [-0.1, -0.05) is 0 Å². The third-order valence-electron chi connectivity index (χ3n) is 4.41. The van der Waals surface area contributed by atoms with Crippen molar-refractivity contribution in [2.24, 2.45) is 0 Å². The average Bonchev–Trinajstić information content (AvgIpc) is 2.54. The quantitative estimate of drug-likeness (QED) is 0.236. The number of hydrogen-bond acceptors (Lipinski definition) is 11. The Kier molecular flexibility index (Phi) is 5.60. The normalized spacial score (nSPS) is 54.9. The summed E-state index contributed by atoms with van der Waals surface area (Å²) in [4.78, 5) is 0. The fourth-order valence-electron chi connectivity index (χ4n) is 2.92. The lowest BCUT2D eigenvalue weighted by atomic mass is 9.77. The molecule has 9 N–H and O–H groups in total. The predicted molar refractivity (Wildman–Crippen MR) is 68.7 cm³/mol. The van der Waals surface area contributed by atoms with E-state index in [1.54, 1.807) is 0 Å². The second-order valence-electron chi connectivity index (χ2n) is 5.78. The average molecular weight is 342 g/mol. The molecule has 2 saturated heterocycles. The Labute approximate surface area is 130 Å². The highest BCUT2D eigenvalue weighted by Gasteiger charge is 2.63. The van der Waals surface area contributed by atoms with Gasteiger partial charge in [0.25, 0.3) is 0 Å². The molecule has 0 aliphatic carbocycles. The molecule has 11 heteroatoms. The van der Waals surface area contributed by atoms with Crippen LogP contribution < -0.4 is 0 Å². The number of ether oxygens (including phenoxy) is 2. The molecule has 0 aromatic carbocycles. The van der Waals surface area contributed by atoms with E-state index >= 15 is 0 Å². The standard InChI is InChI=1S/C12H22O11/c13-1-3-5(15)7(17)8(18)10(22-3)12(21)9(19)6(16)4(2-14)23-11(12)20/h3-11,13-21H,1-2H2/t3-,4-,5-,6-,7+,8+,9+,10-,11+,12-/m1/s1. The summed E-state index contributed by atoms with van der Waals surface area (Å²) in [5.74, 6) is 0. The Bertz CT molecular complexity index is 406. The molecule has 2 aliphatic heterocycles. The summed E-state index contributed by atoms with van der Waals surface area (Å²) in [6.45, 7) is -1.55. The zero-order valence-corrected chi connectivity index (χ0v) is 12.0. The van der Waals surface area contributed by atoms with Crippen molar-refractivity contribution < 1.29 is 55.4 Å². The van der Waals surface area contributed by atoms with E-state index in [1.165, 1.54) is 0 Å². The minimum atomic E-state index is -2.79. The third-order valence-corrected chi connectivity index (χ3v) is 4.41. The molecule has 136 valence electrons. The maximum Gasteiger partial charge on any atom is 0.189 e. The molecule has 0 spiro atoms. The van der Waals surface area contributed by atoms with Crippen LogP contribution in [0.25, 0.3) is 0 Å². The van der Waals surface area contributed by atoms with Gasteiger partial charge in [0.15, 0.2) is 11.9 Å². The third kappa shape index (κ3) is 2.88. The molecule has 0 bridgehead atoms. The Morgan fingerprint density at radius 1 is 0.696 bits per heavy atom. The molecule has 2 rings (SSSR count). The summed E-state index contributed by atoms with van der Waals surface area (Å²) in [6.07, 6.45) is -16.4. The van der Waals surface area contributed by atoms with E-state index in [4.69, 9.17) is 19.7 Å². The molecular formula is C12H22O11. The zero-order chi connectivity index (χ0) is 17.5. The first-order chi connectivity index (χ1) is 10.7. The van der Waals surface area contributed by atoms with Crippen molar-refractivity contribution in [3.63, 3.8) is 0 Å². The summed E-state index contributed by atoms with van der Waals surface area (Å²) in [5.41, 5.74) is -2.79. The minimum Gasteiger partial charge on any atom is -0.394 e. The van der Waals surface area contributed by atoms with Gasteiger partial charge in [0.05, 0.1) is 13.2 Å². The summed E-state index contributed by atoms with van der Waals surface area (Å²) >= 11 is 0. The van der Waals surface area contributed by atoms with E-state index in [1.807, 2.05) is 0 Å². The second kappa shape index (κ2) is 6.82. The van der Waals surface area contributed by atoms with Crippen LogP contribution in [-0.2, 0) is 9.47 Å². The molecule has 23 heavy (non-hydrogen) atoms. The molecule has 10 atom stereocenters. The molecule has 0 radical (unpaired) electrons. The van der Waals surface area contributed by atoms with E-state index in [-0.39, 0.29) is 0 Å². The van der Waals surface area contributed by atoms with E-state index < -0.39 is 73.9 Å². The molecule has 0 unspecified atom stereocenters. The van der Waals surface area contributed by atoms with E-state index in [9.17, 15) is 35.7 Å². The highest BCUT2D eigenvalue weighted by molar-refractivity contribution is 5.10. The summed E-state index contributed by atoms with van der Waals surface area (Å²) in [7, 11) is 0. The van der Waals surface area contributed by atoms with Gasteiger partial charge >= 0.3 is 0 Å². The van der Waals surface area contributed by atoms with Crippen molar-refractivity contribution in [3.8, 4) is 0 Å². The summed E-state index contributed by atoms with van der Waals surface area (Å²) in [6, 6.07) is 0. The van der Waals surface area contributed by atoms with Crippen molar-refractivity contribution in [1.82, 2.24) is 0 Å². The topological polar surface area (TPSA) is 201 Å². The van der Waals surface area contributed by atoms with E-state index in [0.29, 0.717) is 0 Å². The van der Waals surface area contributed by atoms with Crippen LogP contribution in [0.4, 0.5) is 0 Å². The molecule has 0 amide bonds. The molecule has 0 aromatic rings. The first kappa shape index (κ1) is 18.9. The van der Waals surface area contributed by atoms with E-state index in [0.717, 1.165) is 0 Å². The molecule has 2 aliphatic rings. The van der Waals surface area contributed by atoms with Crippen LogP contribution in [0.15, 0.2) is 0 Å². The Morgan fingerprint density at radius 2 is 1.22 bits per heavy atom. The van der Waals surface area contributed by atoms with Gasteiger partial charge in [0.1, 0.15) is 48.8 Å². The van der Waals surface area contributed by atoms with Crippen LogP contribution in [-0.4, -0.2) is 120 Å². The van der Waals surface area contributed by atoms with Gasteiger partial charge in [-0.25, -0.2) is 0 Å². The van der Waals surface area contributed by atoms with Crippen molar-refractivity contribution in [2.45, 2.75) is 60.7 Å². The molecule has 2 heterocycles. The van der Waals surface area contributed by atoms with Gasteiger partial charge in [0.2, 0.25) is 0 Å². The van der Waals surface area contributed by atoms with Crippen LogP contribution in [0.1, 0.15) is 0 Å². The van der Waals surface area contributed by atoms with Crippen molar-refractivity contribution in [2.75, 3.05) is 13.2 Å². The summed E-state index contributed by atoms with van der Waals surface area (Å²) in [5, 5.41) is 88.1. The molecule has 0 saturated carbocycles. The first-order valence-corrected chi connectivity index (χ1v) is 7.03. The monoisotopic (exact) mass is 342 g/mol. The van der Waals surface area contributed by atoms with Crippen LogP contribution >= 0.6 is 0 Å². The molecular weight excluding hydrogens is 320 g/mol. The van der Waals surface area contributed by atoms with Crippen LogP contribution in [0.5, 0.6) is 0 Å². The molecule has 0 aromatic heterocycles. The number of hydrogen-bond donors (Lipinski definition) is 9. The van der Waals surface area contributed by atoms with Crippen LogP contribution in [0.3, 0.4) is 0 Å². The highest BCUT2D eigenvalue weighted by atomic mass is 16.7. The number of aliphatic hydroxyl groups is 9. The van der Waals surface area contributed by atoms with Gasteiger partial charge in [-0.2, -0.15) is 0 Å². The van der Waals surface area contributed by atoms with Crippen LogP contribution in [0.2, 0.25) is 0 Å². The van der Waals surface area contributed by atoms with Gasteiger partial charge in [-0.05, 0) is 0 Å². The second-order valence-corrected chi connectivity index (χ2v) is 5.78. The van der Waals surface area contributed by atoms with Gasteiger partial charge in [-0.3, -0.25) is 0 Å². The predicted octanol–water partition coefficient (Wildman–Crippen LogP) is -6.01. The maximum atomic E-state index is 10.6. The van der Waals surface area contributed by atoms with Gasteiger partial charge in [0, 0.05) is 0 Å². The van der Waals surface area contributed by atoms with Gasteiger partial charge < -0.3 is 55.4 Å². The van der Waals surface area contributed by atoms with E-state index in [2.05, 4.69) is 0 Å². The first-order valence-electron chi connectivity index (χ1n) is 7.03. The molecule has 11 nitrogen and oxygen atoms in total. The van der Waals surface area contributed by atoms with Crippen molar-refractivity contribution in [1.29, 1.82) is 0 Å². The highest BCUT2D eigenvalue weighted by Crippen LogP contribution is 2.38. The zero-order valence-electron chi connectivity index (χ0n) is 12.0. The fourth-order valence-corrected chi connectivity index (χ4v) is 2.92. The van der Waals surface area contributed by atoms with Crippen LogP contribution in [0, 0.1) is 0 Å². The maximum absolute atomic E-state index is 10.6. The SMILES string of the molecule is OC[C@H]1O[C@H](O)[C@](O)([C@@H]2O[C@H](CO)[C@@H](O)[C@H](O)[C@@H]2O)[C@@H](O)[C@@H]1O. The minimum absolute atomic E-state index is 0.764. The lowest BCUT2D eigenvalue weighted by Gasteiger charge is -2.53. The smallest absolute Gasteiger partial charge is 0.189 e. The van der Waals surface area contributed by atoms with Crippen molar-refractivity contribution >= 4 is 0 Å². The Morgan fingerprint density at radius 3 is 1.74 bits per heavy atom. The Hall–Kier alpha value is -0.440. The Balaban J connectivity index is 2.33. The number of rotatable bonds is 3. The molecule has 2 fully saturated rings. The summed E-state index contributed by atoms with van der Waals surface area (Å²) < 4.78 is 9.91.